The van der Waals surface area contributed by atoms with E-state index in [4.69, 9.17) is 4.74 Å². The number of nitrogens with one attached hydrogen (secondary N) is 1. The minimum atomic E-state index is -0.883. The van der Waals surface area contributed by atoms with Gasteiger partial charge in [-0.25, -0.2) is 9.59 Å². The van der Waals surface area contributed by atoms with Gasteiger partial charge in [0, 0.05) is 70.0 Å². The molecular formula is C37H52N6O4. The molecule has 4 heterocycles. The van der Waals surface area contributed by atoms with Crippen LogP contribution in [0.25, 0.3) is 0 Å². The van der Waals surface area contributed by atoms with Crippen molar-refractivity contribution in [2.45, 2.75) is 77.5 Å². The van der Waals surface area contributed by atoms with Crippen LogP contribution in [-0.4, -0.2) is 127 Å². The summed E-state index contributed by atoms with van der Waals surface area (Å²) in [4.78, 5) is 51.2. The number of aryl methyl sites for hydroxylation is 2. The number of ether oxygens (including phenoxy) is 1. The summed E-state index contributed by atoms with van der Waals surface area (Å²) in [5.74, 6) is -0.104. The van der Waals surface area contributed by atoms with Crippen LogP contribution >= 0.6 is 0 Å². The standard InChI is InChI=1S/C37H52N6O4/c1-26-23-29(24-27(2)28(26)3)25-34(35(44)41-21-19-40(20-22-41)31-10-14-39(4)15-11-31)47-37(46)42-16-12-32(13-17-42)43-18-9-30-7-5-6-8-33(30)38-36(43)45/h5-8,23-24,31-32,34H,9-22,25H2,1-4H3,(H,38,45). The lowest BCUT2D eigenvalue weighted by Gasteiger charge is -2.42. The van der Waals surface area contributed by atoms with E-state index in [0.29, 0.717) is 58.0 Å². The average molecular weight is 645 g/mol. The van der Waals surface area contributed by atoms with Crippen LogP contribution in [0.1, 0.15) is 53.5 Å². The molecule has 2 aromatic rings. The van der Waals surface area contributed by atoms with Crippen LogP contribution in [0.3, 0.4) is 0 Å². The molecule has 0 aliphatic carbocycles. The quantitative estimate of drug-likeness (QED) is 0.500. The summed E-state index contributed by atoms with van der Waals surface area (Å²) in [5.41, 5.74) is 6.61. The molecule has 0 bridgehead atoms. The van der Waals surface area contributed by atoms with Gasteiger partial charge in [0.2, 0.25) is 0 Å². The molecule has 0 saturated carbocycles. The molecule has 4 aliphatic rings. The second-order valence-electron chi connectivity index (χ2n) is 14.1. The maximum atomic E-state index is 14.1. The van der Waals surface area contributed by atoms with Crippen LogP contribution in [0.15, 0.2) is 36.4 Å². The largest absolute Gasteiger partial charge is 0.436 e. The summed E-state index contributed by atoms with van der Waals surface area (Å²) < 4.78 is 6.12. The second-order valence-corrected chi connectivity index (χ2v) is 14.1. The Hall–Kier alpha value is -3.63. The SMILES string of the molecule is Cc1cc(CC(OC(=O)N2CCC(N3CCc4ccccc4NC3=O)CC2)C(=O)N2CCN(C3CCN(C)CC3)CC2)cc(C)c1C. The number of likely N-dealkylation sites (tertiary alicyclic amines) is 2. The first kappa shape index (κ1) is 33.3. The van der Waals surface area contributed by atoms with Crippen LogP contribution in [0, 0.1) is 20.8 Å². The Morgan fingerprint density at radius 1 is 0.830 bits per heavy atom. The Balaban J connectivity index is 1.08. The molecule has 1 atom stereocenters. The van der Waals surface area contributed by atoms with Crippen LogP contribution < -0.4 is 5.32 Å². The topological polar surface area (TPSA) is 88.7 Å². The van der Waals surface area contributed by atoms with E-state index in [1.54, 1.807) is 4.90 Å². The normalized spacial score (nSPS) is 21.2. The molecule has 4 aliphatic heterocycles. The maximum Gasteiger partial charge on any atom is 0.410 e. The number of anilines is 1. The monoisotopic (exact) mass is 644 g/mol. The van der Waals surface area contributed by atoms with E-state index < -0.39 is 12.2 Å². The lowest BCUT2D eigenvalue weighted by Crippen LogP contribution is -2.56. The summed E-state index contributed by atoms with van der Waals surface area (Å²) in [7, 11) is 2.18. The first-order valence-corrected chi connectivity index (χ1v) is 17.6. The van der Waals surface area contributed by atoms with Crippen LogP contribution in [0.4, 0.5) is 15.3 Å². The van der Waals surface area contributed by atoms with Gasteiger partial charge in [-0.2, -0.15) is 0 Å². The molecule has 0 spiro atoms. The summed E-state index contributed by atoms with van der Waals surface area (Å²) in [6.45, 7) is 13.2. The maximum absolute atomic E-state index is 14.1. The third-order valence-corrected chi connectivity index (χ3v) is 11.1. The fourth-order valence-electron chi connectivity index (χ4n) is 7.80. The summed E-state index contributed by atoms with van der Waals surface area (Å²) >= 11 is 0. The number of fused-ring (bicyclic) bond motifs is 1. The number of para-hydroxylation sites is 1. The molecule has 0 radical (unpaired) electrons. The van der Waals surface area contributed by atoms with E-state index in [-0.39, 0.29) is 18.0 Å². The second kappa shape index (κ2) is 14.6. The number of carbonyl (C=O) groups excluding carboxylic acids is 3. The first-order valence-electron chi connectivity index (χ1n) is 17.6. The highest BCUT2D eigenvalue weighted by molar-refractivity contribution is 5.91. The highest BCUT2D eigenvalue weighted by atomic mass is 16.6. The fourth-order valence-corrected chi connectivity index (χ4v) is 7.80. The van der Waals surface area contributed by atoms with Gasteiger partial charge in [-0.3, -0.25) is 9.69 Å². The number of urea groups is 1. The number of piperidine rings is 2. The van der Waals surface area contributed by atoms with Crippen molar-refractivity contribution in [3.05, 3.63) is 64.2 Å². The lowest BCUT2D eigenvalue weighted by atomic mass is 9.97. The average Bonchev–Trinajstić information content (AvgIpc) is 3.25. The van der Waals surface area contributed by atoms with Gasteiger partial charge in [0.05, 0.1) is 0 Å². The van der Waals surface area contributed by atoms with Crippen molar-refractivity contribution in [3.63, 3.8) is 0 Å². The fraction of sp³-hybridized carbons (Fsp3) is 0.595. The van der Waals surface area contributed by atoms with Crippen molar-refractivity contribution < 1.29 is 19.1 Å². The van der Waals surface area contributed by atoms with Crippen molar-refractivity contribution in [2.75, 3.05) is 71.3 Å². The molecule has 4 amide bonds. The summed E-state index contributed by atoms with van der Waals surface area (Å²) in [6.07, 6.45) is 3.51. The number of amides is 4. The Bertz CT molecular complexity index is 1420. The van der Waals surface area contributed by atoms with Crippen LogP contribution in [0.5, 0.6) is 0 Å². The Morgan fingerprint density at radius 2 is 1.47 bits per heavy atom. The smallest absolute Gasteiger partial charge is 0.410 e. The van der Waals surface area contributed by atoms with Crippen molar-refractivity contribution >= 4 is 23.7 Å². The molecular weight excluding hydrogens is 592 g/mol. The molecule has 254 valence electrons. The third kappa shape index (κ3) is 7.75. The molecule has 1 unspecified atom stereocenters. The van der Waals surface area contributed by atoms with E-state index in [1.807, 2.05) is 28.0 Å². The number of hydrogen-bond acceptors (Lipinski definition) is 6. The summed E-state index contributed by atoms with van der Waals surface area (Å²) in [5, 5.41) is 3.07. The minimum absolute atomic E-state index is 0.0464. The van der Waals surface area contributed by atoms with Gasteiger partial charge < -0.3 is 29.7 Å². The highest BCUT2D eigenvalue weighted by Gasteiger charge is 2.36. The molecule has 3 fully saturated rings. The van der Waals surface area contributed by atoms with Gasteiger partial charge in [0.15, 0.2) is 6.10 Å². The van der Waals surface area contributed by atoms with Crippen molar-refractivity contribution in [2.24, 2.45) is 0 Å². The Labute approximate surface area is 280 Å². The Kier molecular flexibility index (Phi) is 10.4. The molecule has 10 heteroatoms. The van der Waals surface area contributed by atoms with Gasteiger partial charge >= 0.3 is 12.1 Å². The van der Waals surface area contributed by atoms with E-state index in [9.17, 15) is 14.4 Å². The molecule has 2 aromatic carbocycles. The van der Waals surface area contributed by atoms with Gasteiger partial charge in [0.25, 0.3) is 5.91 Å². The van der Waals surface area contributed by atoms with Crippen LogP contribution in [-0.2, 0) is 22.4 Å². The molecule has 1 N–H and O–H groups in total. The number of hydrogen-bond donors (Lipinski definition) is 1. The van der Waals surface area contributed by atoms with Crippen molar-refractivity contribution in [1.82, 2.24) is 24.5 Å². The molecule has 0 aromatic heterocycles. The lowest BCUT2D eigenvalue weighted by molar-refractivity contribution is -0.143. The zero-order valence-corrected chi connectivity index (χ0v) is 28.7. The van der Waals surface area contributed by atoms with Gasteiger partial charge in [-0.05, 0) is 107 Å². The Morgan fingerprint density at radius 3 is 2.15 bits per heavy atom. The molecule has 10 nitrogen and oxygen atoms in total. The number of benzene rings is 2. The van der Waals surface area contributed by atoms with E-state index in [2.05, 4.69) is 61.1 Å². The van der Waals surface area contributed by atoms with Gasteiger partial charge in [-0.1, -0.05) is 30.3 Å². The minimum Gasteiger partial charge on any atom is -0.436 e. The molecule has 47 heavy (non-hydrogen) atoms. The zero-order valence-electron chi connectivity index (χ0n) is 28.7. The predicted molar refractivity (Wildman–Crippen MR) is 184 cm³/mol. The van der Waals surface area contributed by atoms with Crippen molar-refractivity contribution in [1.29, 1.82) is 0 Å². The number of carbonyl (C=O) groups is 3. The van der Waals surface area contributed by atoms with Crippen LogP contribution in [0.2, 0.25) is 0 Å². The third-order valence-electron chi connectivity index (χ3n) is 11.1. The van der Waals surface area contributed by atoms with E-state index in [1.165, 1.54) is 29.5 Å². The first-order chi connectivity index (χ1) is 22.7. The van der Waals surface area contributed by atoms with Crippen molar-refractivity contribution in [3.8, 4) is 0 Å². The van der Waals surface area contributed by atoms with Gasteiger partial charge in [-0.15, -0.1) is 0 Å². The van der Waals surface area contributed by atoms with E-state index in [0.717, 1.165) is 49.4 Å². The predicted octanol–water partition coefficient (Wildman–Crippen LogP) is 4.45. The number of piperazine rings is 1. The molecule has 3 saturated heterocycles. The molecule has 6 rings (SSSR count). The summed E-state index contributed by atoms with van der Waals surface area (Å²) in [6, 6.07) is 12.7. The number of nitrogens with zero attached hydrogens (tertiary/aromatic N) is 5. The highest BCUT2D eigenvalue weighted by Crippen LogP contribution is 2.26. The number of rotatable bonds is 6. The van der Waals surface area contributed by atoms with Gasteiger partial charge in [0.1, 0.15) is 0 Å². The van der Waals surface area contributed by atoms with E-state index >= 15 is 0 Å². The zero-order chi connectivity index (χ0) is 33.1.